The molecule has 1 rings (SSSR count). The van der Waals surface area contributed by atoms with Crippen LogP contribution in [0.2, 0.25) is 18.1 Å². The van der Waals surface area contributed by atoms with Crippen molar-refractivity contribution in [1.29, 1.82) is 0 Å². The minimum atomic E-state index is -1.69. The molecule has 1 aromatic rings. The van der Waals surface area contributed by atoms with Gasteiger partial charge in [-0.3, -0.25) is 0 Å². The minimum absolute atomic E-state index is 0.253. The summed E-state index contributed by atoms with van der Waals surface area (Å²) in [7, 11) is -1.69. The summed E-state index contributed by atoms with van der Waals surface area (Å²) in [5.41, 5.74) is 1.31. The highest BCUT2D eigenvalue weighted by molar-refractivity contribution is 14.1. The van der Waals surface area contributed by atoms with Crippen molar-refractivity contribution >= 4 is 30.9 Å². The monoisotopic (exact) mass is 348 g/mol. The first-order valence-electron chi connectivity index (χ1n) is 5.59. The van der Waals surface area contributed by atoms with Gasteiger partial charge in [0.15, 0.2) is 0 Å². The molecule has 1 aromatic carbocycles. The van der Waals surface area contributed by atoms with Crippen LogP contribution in [0.15, 0.2) is 18.2 Å². The zero-order valence-electron chi connectivity index (χ0n) is 11.0. The molecule has 0 radical (unpaired) electrons. The molecule has 0 amide bonds. The van der Waals surface area contributed by atoms with Gasteiger partial charge in [-0.25, -0.2) is 0 Å². The maximum Gasteiger partial charge on any atom is 0.250 e. The molecule has 0 aliphatic heterocycles. The van der Waals surface area contributed by atoms with Crippen molar-refractivity contribution in [3.05, 3.63) is 27.3 Å². The van der Waals surface area contributed by atoms with Gasteiger partial charge in [-0.15, -0.1) is 0 Å². The summed E-state index contributed by atoms with van der Waals surface area (Å²) in [5.74, 6) is 1.02. The highest BCUT2D eigenvalue weighted by atomic mass is 127. The van der Waals surface area contributed by atoms with Gasteiger partial charge in [-0.1, -0.05) is 26.8 Å². The Morgan fingerprint density at radius 1 is 1.19 bits per heavy atom. The van der Waals surface area contributed by atoms with Crippen LogP contribution >= 0.6 is 22.6 Å². The fourth-order valence-corrected chi connectivity index (χ4v) is 2.59. The topological polar surface area (TPSA) is 9.23 Å². The minimum Gasteiger partial charge on any atom is -0.543 e. The summed E-state index contributed by atoms with van der Waals surface area (Å²) >= 11 is 2.36. The Bertz CT molecular complexity index is 380. The van der Waals surface area contributed by atoms with E-state index < -0.39 is 8.32 Å². The third-order valence-corrected chi connectivity index (χ3v) is 8.84. The molecule has 0 aromatic heterocycles. The zero-order valence-corrected chi connectivity index (χ0v) is 14.2. The van der Waals surface area contributed by atoms with Crippen molar-refractivity contribution in [2.75, 3.05) is 0 Å². The highest BCUT2D eigenvalue weighted by Gasteiger charge is 2.38. The molecule has 0 atom stereocenters. The lowest BCUT2D eigenvalue weighted by Gasteiger charge is -2.36. The van der Waals surface area contributed by atoms with Crippen molar-refractivity contribution in [3.8, 4) is 5.75 Å². The standard InChI is InChI=1S/C13H21IOSi/c1-10-7-8-11(9-12(10)14)15-16(5,6)13(2,3)4/h7-9H,1-6H3. The predicted octanol–water partition coefficient (Wildman–Crippen LogP) is 4.98. The van der Waals surface area contributed by atoms with E-state index in [0.717, 1.165) is 5.75 Å². The SMILES string of the molecule is Cc1ccc(O[Si](C)(C)C(C)(C)C)cc1I. The van der Waals surface area contributed by atoms with Gasteiger partial charge in [-0.05, 0) is 65.3 Å². The van der Waals surface area contributed by atoms with Crippen LogP contribution in [0.4, 0.5) is 0 Å². The molecular weight excluding hydrogens is 327 g/mol. The van der Waals surface area contributed by atoms with E-state index in [4.69, 9.17) is 4.43 Å². The Kier molecular flexibility index (Phi) is 4.11. The summed E-state index contributed by atoms with van der Waals surface area (Å²) in [5, 5.41) is 0.253. The third kappa shape index (κ3) is 3.23. The normalized spacial score (nSPS) is 12.7. The van der Waals surface area contributed by atoms with Gasteiger partial charge in [0.25, 0.3) is 0 Å². The molecule has 1 nitrogen and oxygen atoms in total. The van der Waals surface area contributed by atoms with Gasteiger partial charge in [0.1, 0.15) is 5.75 Å². The molecule has 0 spiro atoms. The van der Waals surface area contributed by atoms with Crippen molar-refractivity contribution in [2.45, 2.75) is 45.8 Å². The molecule has 0 heterocycles. The lowest BCUT2D eigenvalue weighted by atomic mass is 10.2. The first-order chi connectivity index (χ1) is 7.13. The Balaban J connectivity index is 2.93. The number of hydrogen-bond donors (Lipinski definition) is 0. The highest BCUT2D eigenvalue weighted by Crippen LogP contribution is 2.37. The molecule has 90 valence electrons. The van der Waals surface area contributed by atoms with Gasteiger partial charge in [0, 0.05) is 3.57 Å². The fraction of sp³-hybridized carbons (Fsp3) is 0.538. The van der Waals surface area contributed by atoms with E-state index in [1.54, 1.807) is 0 Å². The van der Waals surface area contributed by atoms with Crippen LogP contribution < -0.4 is 4.43 Å². The maximum atomic E-state index is 6.24. The molecule has 0 saturated heterocycles. The van der Waals surface area contributed by atoms with Gasteiger partial charge in [0.2, 0.25) is 8.32 Å². The van der Waals surface area contributed by atoms with Crippen molar-refractivity contribution in [1.82, 2.24) is 0 Å². The van der Waals surface area contributed by atoms with Crippen molar-refractivity contribution in [3.63, 3.8) is 0 Å². The second-order valence-corrected chi connectivity index (χ2v) is 11.7. The predicted molar refractivity (Wildman–Crippen MR) is 81.7 cm³/mol. The fourth-order valence-electron chi connectivity index (χ4n) is 1.08. The summed E-state index contributed by atoms with van der Waals surface area (Å²) in [6.45, 7) is 13.5. The molecule has 3 heteroatoms. The van der Waals surface area contributed by atoms with E-state index in [2.05, 4.69) is 81.6 Å². The van der Waals surface area contributed by atoms with Gasteiger partial charge >= 0.3 is 0 Å². The van der Waals surface area contributed by atoms with Crippen molar-refractivity contribution < 1.29 is 4.43 Å². The molecule has 16 heavy (non-hydrogen) atoms. The van der Waals surface area contributed by atoms with Crippen LogP contribution in [0.3, 0.4) is 0 Å². The van der Waals surface area contributed by atoms with Crippen LogP contribution in [0.1, 0.15) is 26.3 Å². The van der Waals surface area contributed by atoms with Crippen LogP contribution in [0.25, 0.3) is 0 Å². The van der Waals surface area contributed by atoms with Gasteiger partial charge in [0.05, 0.1) is 0 Å². The molecule has 0 N–H and O–H groups in total. The molecular formula is C13H21IOSi. The number of benzene rings is 1. The first kappa shape index (κ1) is 14.0. The van der Waals surface area contributed by atoms with E-state index in [9.17, 15) is 0 Å². The second kappa shape index (κ2) is 4.68. The molecule has 0 aliphatic carbocycles. The summed E-state index contributed by atoms with van der Waals surface area (Å²) < 4.78 is 7.51. The van der Waals surface area contributed by atoms with E-state index in [1.807, 2.05) is 0 Å². The summed E-state index contributed by atoms with van der Waals surface area (Å²) in [4.78, 5) is 0. The van der Waals surface area contributed by atoms with Crippen LogP contribution in [-0.4, -0.2) is 8.32 Å². The third-order valence-electron chi connectivity index (χ3n) is 3.32. The van der Waals surface area contributed by atoms with E-state index in [-0.39, 0.29) is 5.04 Å². The lowest BCUT2D eigenvalue weighted by Crippen LogP contribution is -2.43. The molecule has 0 unspecified atom stereocenters. The Morgan fingerprint density at radius 2 is 1.75 bits per heavy atom. The Morgan fingerprint density at radius 3 is 2.19 bits per heavy atom. The van der Waals surface area contributed by atoms with E-state index in [0.29, 0.717) is 0 Å². The van der Waals surface area contributed by atoms with Crippen molar-refractivity contribution in [2.24, 2.45) is 0 Å². The average molecular weight is 348 g/mol. The average Bonchev–Trinajstić information content (AvgIpc) is 2.09. The number of rotatable bonds is 2. The molecule has 0 bridgehead atoms. The Labute approximate surface area is 114 Å². The van der Waals surface area contributed by atoms with E-state index >= 15 is 0 Å². The molecule has 0 fully saturated rings. The number of hydrogen-bond acceptors (Lipinski definition) is 1. The molecule has 0 saturated carbocycles. The second-order valence-electron chi connectivity index (χ2n) is 5.77. The van der Waals surface area contributed by atoms with Crippen LogP contribution in [0.5, 0.6) is 5.75 Å². The Hall–Kier alpha value is -0.0331. The zero-order chi connectivity index (χ0) is 12.6. The quantitative estimate of drug-likeness (QED) is 0.541. The summed E-state index contributed by atoms with van der Waals surface area (Å²) in [6, 6.07) is 6.35. The summed E-state index contributed by atoms with van der Waals surface area (Å²) in [6.07, 6.45) is 0. The largest absolute Gasteiger partial charge is 0.543 e. The number of halogens is 1. The van der Waals surface area contributed by atoms with Gasteiger partial charge < -0.3 is 4.43 Å². The molecule has 0 aliphatic rings. The smallest absolute Gasteiger partial charge is 0.250 e. The first-order valence-corrected chi connectivity index (χ1v) is 9.57. The number of aryl methyl sites for hydroxylation is 1. The van der Waals surface area contributed by atoms with Crippen LogP contribution in [-0.2, 0) is 0 Å². The van der Waals surface area contributed by atoms with Crippen LogP contribution in [0, 0.1) is 10.5 Å². The van der Waals surface area contributed by atoms with E-state index in [1.165, 1.54) is 9.13 Å². The van der Waals surface area contributed by atoms with Gasteiger partial charge in [-0.2, -0.15) is 0 Å². The maximum absolute atomic E-state index is 6.24. The lowest BCUT2D eigenvalue weighted by molar-refractivity contribution is 0.492.